The molecule has 0 aromatic heterocycles. The Morgan fingerprint density at radius 1 is 1.00 bits per heavy atom. The van der Waals surface area contributed by atoms with Gasteiger partial charge in [-0.15, -0.1) is 0 Å². The second kappa shape index (κ2) is 8.13. The summed E-state index contributed by atoms with van der Waals surface area (Å²) in [6.07, 6.45) is 3.75. The van der Waals surface area contributed by atoms with Crippen LogP contribution in [0.2, 0.25) is 0 Å². The minimum atomic E-state index is -3.47. The highest BCUT2D eigenvalue weighted by atomic mass is 32.2. The Morgan fingerprint density at radius 2 is 1.47 bits per heavy atom. The predicted molar refractivity (Wildman–Crippen MR) is 55.1 cm³/mol. The third-order valence-corrected chi connectivity index (χ3v) is 2.85. The predicted octanol–water partition coefficient (Wildman–Crippen LogP) is 2.52. The molecule has 0 aromatic carbocycles. The Balaban J connectivity index is 3.35. The Morgan fingerprint density at radius 3 is 1.93 bits per heavy atom. The van der Waals surface area contributed by atoms with E-state index in [1.165, 1.54) is 0 Å². The Hall–Kier alpha value is -0.0700. The number of unbranched alkanes of at least 4 members (excludes halogenated alkanes) is 5. The van der Waals surface area contributed by atoms with E-state index in [1.807, 2.05) is 0 Å². The van der Waals surface area contributed by atoms with Crippen LogP contribution in [0.25, 0.3) is 0 Å². The summed E-state index contributed by atoms with van der Waals surface area (Å²) < 4.78 is 43.6. The van der Waals surface area contributed by atoms with E-state index < -0.39 is 22.8 Å². The van der Waals surface area contributed by atoms with Crippen molar-refractivity contribution in [2.75, 3.05) is 6.61 Å². The van der Waals surface area contributed by atoms with E-state index in [4.69, 9.17) is 9.66 Å². The molecule has 0 aliphatic rings. The molecule has 0 aliphatic heterocycles. The maximum Gasteiger partial charge on any atom is 0.345 e. The second-order valence-corrected chi connectivity index (χ2v) is 4.58. The van der Waals surface area contributed by atoms with E-state index in [2.05, 4.69) is 0 Å². The zero-order valence-electron chi connectivity index (χ0n) is 8.62. The number of hydrogen-bond acceptors (Lipinski definition) is 2. The minimum Gasteiger partial charge on any atom is -0.396 e. The molecule has 0 aromatic rings. The summed E-state index contributed by atoms with van der Waals surface area (Å²) in [6, 6.07) is 0. The van der Waals surface area contributed by atoms with Gasteiger partial charge in [0.1, 0.15) is 0 Å². The molecule has 2 N–H and O–H groups in total. The average Bonchev–Trinajstić information content (AvgIpc) is 2.16. The molecule has 0 saturated carbocycles. The van der Waals surface area contributed by atoms with E-state index >= 15 is 0 Å². The lowest BCUT2D eigenvalue weighted by atomic mass is 10.1. The number of halogens is 2. The van der Waals surface area contributed by atoms with Gasteiger partial charge in [0.15, 0.2) is 0 Å². The number of hydrogen-bond donors (Lipinski definition) is 2. The molecule has 0 saturated heterocycles. The summed E-state index contributed by atoms with van der Waals surface area (Å²) >= 11 is -3.05. The quantitative estimate of drug-likeness (QED) is 0.484. The van der Waals surface area contributed by atoms with Gasteiger partial charge in [0.05, 0.1) is 0 Å². The Bertz CT molecular complexity index is 188. The zero-order valence-corrected chi connectivity index (χ0v) is 9.44. The minimum absolute atomic E-state index is 0.168. The zero-order chi connectivity index (χ0) is 11.7. The molecule has 6 heteroatoms. The fraction of sp³-hybridized carbons (Fsp3) is 1.00. The summed E-state index contributed by atoms with van der Waals surface area (Å²) in [7, 11) is 0. The summed E-state index contributed by atoms with van der Waals surface area (Å²) in [5.74, 6) is 0. The lowest BCUT2D eigenvalue weighted by molar-refractivity contribution is 0.0771. The fourth-order valence-electron chi connectivity index (χ4n) is 1.24. The molecule has 15 heavy (non-hydrogen) atoms. The summed E-state index contributed by atoms with van der Waals surface area (Å²) in [5, 5.41) is 5.01. The van der Waals surface area contributed by atoms with Crippen molar-refractivity contribution in [1.29, 1.82) is 0 Å². The molecule has 1 atom stereocenters. The third-order valence-electron chi connectivity index (χ3n) is 2.13. The highest BCUT2D eigenvalue weighted by Crippen LogP contribution is 2.24. The van der Waals surface area contributed by atoms with Crippen LogP contribution in [-0.4, -0.2) is 25.7 Å². The molecule has 1 unspecified atom stereocenters. The maximum atomic E-state index is 12.6. The molecule has 0 rings (SSSR count). The molecule has 0 aliphatic carbocycles. The van der Waals surface area contributed by atoms with E-state index in [1.54, 1.807) is 0 Å². The highest BCUT2D eigenvalue weighted by molar-refractivity contribution is 7.80. The standard InChI is InChI=1S/C9H18F2O3S/c10-9(11,15(13)14)7-5-3-1-2-4-6-8-12/h12H,1-8H2,(H,13,14). The average molecular weight is 244 g/mol. The van der Waals surface area contributed by atoms with Crippen LogP contribution in [0.5, 0.6) is 0 Å². The van der Waals surface area contributed by atoms with E-state index in [0.29, 0.717) is 6.42 Å². The molecule has 0 spiro atoms. The number of aliphatic hydroxyl groups excluding tert-OH is 1. The smallest absolute Gasteiger partial charge is 0.345 e. The number of aliphatic hydroxyl groups is 1. The van der Waals surface area contributed by atoms with Gasteiger partial charge in [-0.1, -0.05) is 25.7 Å². The SMILES string of the molecule is O=S(O)C(F)(F)CCCCCCCCO. The lowest BCUT2D eigenvalue weighted by Crippen LogP contribution is -2.22. The van der Waals surface area contributed by atoms with Crippen molar-refractivity contribution >= 4 is 11.1 Å². The molecule has 0 bridgehead atoms. The van der Waals surface area contributed by atoms with Crippen molar-refractivity contribution < 1.29 is 22.6 Å². The number of rotatable bonds is 9. The van der Waals surface area contributed by atoms with Gasteiger partial charge in [-0.3, -0.25) is 0 Å². The molecule has 0 amide bonds. The van der Waals surface area contributed by atoms with Crippen LogP contribution < -0.4 is 0 Å². The van der Waals surface area contributed by atoms with Crippen LogP contribution in [0.15, 0.2) is 0 Å². The first-order valence-electron chi connectivity index (χ1n) is 5.10. The first-order chi connectivity index (χ1) is 7.00. The van der Waals surface area contributed by atoms with E-state index in [0.717, 1.165) is 25.7 Å². The molecule has 0 heterocycles. The van der Waals surface area contributed by atoms with Crippen molar-refractivity contribution in [3.05, 3.63) is 0 Å². The summed E-state index contributed by atoms with van der Waals surface area (Å²) in [5.41, 5.74) is 0. The van der Waals surface area contributed by atoms with Gasteiger partial charge in [-0.25, -0.2) is 4.21 Å². The highest BCUT2D eigenvalue weighted by Gasteiger charge is 2.35. The van der Waals surface area contributed by atoms with Crippen LogP contribution in [0.1, 0.15) is 44.9 Å². The largest absolute Gasteiger partial charge is 0.396 e. The van der Waals surface area contributed by atoms with Crippen LogP contribution in [0, 0.1) is 0 Å². The first kappa shape index (κ1) is 14.9. The topological polar surface area (TPSA) is 57.5 Å². The summed E-state index contributed by atoms with van der Waals surface area (Å²) in [4.78, 5) is 0. The summed E-state index contributed by atoms with van der Waals surface area (Å²) in [6.45, 7) is 0.168. The van der Waals surface area contributed by atoms with Gasteiger partial charge in [0.2, 0.25) is 11.1 Å². The maximum absolute atomic E-state index is 12.6. The van der Waals surface area contributed by atoms with Gasteiger partial charge >= 0.3 is 5.25 Å². The molecular weight excluding hydrogens is 226 g/mol. The van der Waals surface area contributed by atoms with Crippen molar-refractivity contribution in [1.82, 2.24) is 0 Å². The van der Waals surface area contributed by atoms with Gasteiger partial charge in [-0.2, -0.15) is 8.78 Å². The second-order valence-electron chi connectivity index (χ2n) is 3.48. The third kappa shape index (κ3) is 7.81. The van der Waals surface area contributed by atoms with Crippen LogP contribution in [0.4, 0.5) is 8.78 Å². The lowest BCUT2D eigenvalue weighted by Gasteiger charge is -2.10. The Kier molecular flexibility index (Phi) is 8.09. The molecule has 0 radical (unpaired) electrons. The van der Waals surface area contributed by atoms with Gasteiger partial charge < -0.3 is 9.66 Å². The Labute approximate surface area is 91.2 Å². The van der Waals surface area contributed by atoms with E-state index in [-0.39, 0.29) is 13.0 Å². The first-order valence-corrected chi connectivity index (χ1v) is 6.21. The van der Waals surface area contributed by atoms with Gasteiger partial charge in [0, 0.05) is 13.0 Å². The van der Waals surface area contributed by atoms with Crippen molar-refractivity contribution in [3.63, 3.8) is 0 Å². The van der Waals surface area contributed by atoms with Crippen molar-refractivity contribution in [3.8, 4) is 0 Å². The van der Waals surface area contributed by atoms with Gasteiger partial charge in [0.25, 0.3) is 0 Å². The van der Waals surface area contributed by atoms with Crippen molar-refractivity contribution in [2.24, 2.45) is 0 Å². The van der Waals surface area contributed by atoms with E-state index in [9.17, 15) is 13.0 Å². The van der Waals surface area contributed by atoms with Crippen LogP contribution >= 0.6 is 0 Å². The molecular formula is C9H18F2O3S. The van der Waals surface area contributed by atoms with Gasteiger partial charge in [-0.05, 0) is 12.8 Å². The number of alkyl halides is 2. The van der Waals surface area contributed by atoms with Crippen molar-refractivity contribution in [2.45, 2.75) is 50.2 Å². The molecule has 92 valence electrons. The monoisotopic (exact) mass is 244 g/mol. The van der Waals surface area contributed by atoms with Crippen LogP contribution in [0.3, 0.4) is 0 Å². The fourth-order valence-corrected chi connectivity index (χ4v) is 1.56. The molecule has 3 nitrogen and oxygen atoms in total. The van der Waals surface area contributed by atoms with Crippen LogP contribution in [-0.2, 0) is 11.1 Å². The molecule has 0 fully saturated rings. The normalized spacial score (nSPS) is 14.1.